The van der Waals surface area contributed by atoms with E-state index in [-0.39, 0.29) is 55.1 Å². The number of alkyl halides is 12. The normalized spacial score (nSPS) is 29.1. The number of aliphatic hydroxyl groups excluding tert-OH is 2. The van der Waals surface area contributed by atoms with Crippen molar-refractivity contribution in [3.05, 3.63) is 59.7 Å². The third kappa shape index (κ3) is 21.2. The molecule has 2 aromatic carbocycles. The Balaban J connectivity index is 0.000000185. The summed E-state index contributed by atoms with van der Waals surface area (Å²) in [6.45, 7) is 11.4. The van der Waals surface area contributed by atoms with Crippen molar-refractivity contribution in [2.75, 3.05) is 75.9 Å². The molecule has 0 amide bonds. The SMILES string of the molecule is CC(C)(C)c1ccc([S+]2CCOCC2)cc1.CC(C)(C)c1ccc([S+]2CCOCC2)cc1.CC(F)(F)C(=O)OC12CC3CC(C1)C(=O)C(C3)C2.CC(F)(F)C(=O)OC12CC3CC(C1)C1(OCC(F)(F)C(F)(F)CO1)C(C3)C2.I[I-]I(I)I.OCC(F)(F)C(F)(F)CO. The zero-order valence-electron chi connectivity index (χ0n) is 52.4. The average molecular weight is 1930 g/mol. The van der Waals surface area contributed by atoms with E-state index in [9.17, 15) is 67.1 Å². The maximum atomic E-state index is 13.7. The molecule has 8 aliphatic carbocycles. The predicted molar refractivity (Wildman–Crippen MR) is 358 cm³/mol. The van der Waals surface area contributed by atoms with Crippen molar-refractivity contribution in [3.8, 4) is 0 Å². The fraction of sp³-hybridized carbons (Fsp3) is 0.758. The molecule has 8 bridgehead atoms. The summed E-state index contributed by atoms with van der Waals surface area (Å²) in [5, 5.41) is 15.4. The maximum absolute atomic E-state index is 13.7. The van der Waals surface area contributed by atoms with Crippen LogP contribution in [0.3, 0.4) is 0 Å². The molecule has 4 atom stereocenters. The molecule has 11 fully saturated rings. The molecule has 0 radical (unpaired) electrons. The molecule has 13 rings (SSSR count). The maximum Gasteiger partial charge on any atom is 0.334 e. The van der Waals surface area contributed by atoms with Crippen LogP contribution in [0.5, 0.6) is 0 Å². The van der Waals surface area contributed by atoms with E-state index in [2.05, 4.69) is 146 Å². The number of ether oxygens (including phenoxy) is 6. The molecule has 2 aromatic rings. The minimum Gasteiger partial charge on any atom is -0.390 e. The third-order valence-electron chi connectivity index (χ3n) is 18.0. The van der Waals surface area contributed by atoms with Crippen molar-refractivity contribution in [3.63, 3.8) is 0 Å². The number of hydrogen-bond acceptors (Lipinski definition) is 11. The first-order chi connectivity index (χ1) is 42.4. The number of aliphatic hydroxyl groups is 2. The molecule has 3 aliphatic heterocycles. The van der Waals surface area contributed by atoms with Crippen LogP contribution in [0.25, 0.3) is 0 Å². The first kappa shape index (κ1) is 81.3. The van der Waals surface area contributed by atoms with E-state index in [4.69, 9.17) is 38.6 Å². The molecular formula is C62H84F12I5O11S2+. The van der Waals surface area contributed by atoms with Crippen molar-refractivity contribution >= 4 is 103 Å². The summed E-state index contributed by atoms with van der Waals surface area (Å²) in [6, 6.07) is 18.4. The van der Waals surface area contributed by atoms with Gasteiger partial charge in [-0.05, 0) is 122 Å². The predicted octanol–water partition coefficient (Wildman–Crippen LogP) is 12.9. The van der Waals surface area contributed by atoms with E-state index < -0.39 is 103 Å². The third-order valence-corrected chi connectivity index (χ3v) is 105. The van der Waals surface area contributed by atoms with Crippen molar-refractivity contribution in [2.24, 2.45) is 35.5 Å². The first-order valence-electron chi connectivity index (χ1n) is 30.2. The number of esters is 2. The Kier molecular flexibility index (Phi) is 28.7. The van der Waals surface area contributed by atoms with Crippen LogP contribution >= 0.6 is 63.7 Å². The molecule has 1 spiro atoms. The van der Waals surface area contributed by atoms with E-state index in [0.29, 0.717) is 93.3 Å². The van der Waals surface area contributed by atoms with Gasteiger partial charge in [0.15, 0.2) is 15.6 Å². The fourth-order valence-corrected chi connectivity index (χ4v) is 17.2. The van der Waals surface area contributed by atoms with Crippen molar-refractivity contribution in [2.45, 2.75) is 193 Å². The average Bonchev–Trinajstić information content (AvgIpc) is 1.09. The summed E-state index contributed by atoms with van der Waals surface area (Å²) in [5.74, 6) is -25.5. The monoisotopic (exact) mass is 1930 g/mol. The number of Topliss-reactive ketones (excluding diaryl/α,β-unsaturated/α-hetero) is 1. The molecule has 528 valence electrons. The standard InChI is InChI=1S/C17H20F6O4.2C14H21OS.C13H16F2O3.C4H6F4O2.I5/c1-13(18,19)12(24)27-14-4-9-2-10(5-14)17(11(3-9)6-14)25-7-15(20,21)16(22,23)8-26-17;2*1-14(2,3)12-4-6-13(7-5-12)16-10-8-15-9-11-16;1-12(14,15)11(17)18-13-4-7-2-8(5-13)10(16)9(3-7)6-13;5-3(6,1-9)4(7,8)2-10;1-4-5(2)3/h9-11H,2-8H2,1H3;2*4-7H,8-11H2,1-3H3;7-9H,2-6H2,1H3;9-10H,1-2H2;/q;2*+1;;;-1. The minimum absolute atomic E-state index is 0.0166. The number of rotatable bonds is 10. The van der Waals surface area contributed by atoms with Crippen LogP contribution in [0.2, 0.25) is 0 Å². The molecule has 11 nitrogen and oxygen atoms in total. The first-order valence-corrected chi connectivity index (χ1v) is 58.4. The van der Waals surface area contributed by atoms with Gasteiger partial charge in [0.2, 0.25) is 0 Å². The smallest absolute Gasteiger partial charge is 0.334 e. The number of benzene rings is 2. The van der Waals surface area contributed by atoms with E-state index >= 15 is 0 Å². The molecule has 4 unspecified atom stereocenters. The number of carbonyl (C=O) groups excluding carboxylic acids is 3. The fourth-order valence-electron chi connectivity index (χ4n) is 13.5. The Bertz CT molecular complexity index is 2600. The molecular weight excluding hydrogens is 1850 g/mol. The minimum atomic E-state index is -4.54. The molecule has 3 heterocycles. The van der Waals surface area contributed by atoms with Crippen LogP contribution < -0.4 is 13.3 Å². The molecule has 92 heavy (non-hydrogen) atoms. The number of hydrogen-bond donors (Lipinski definition) is 2. The van der Waals surface area contributed by atoms with Gasteiger partial charge in [-0.2, -0.15) is 52.7 Å². The molecule has 0 aromatic heterocycles. The topological polar surface area (TPSA) is 147 Å². The van der Waals surface area contributed by atoms with Crippen LogP contribution in [0.15, 0.2) is 58.3 Å². The van der Waals surface area contributed by atoms with Gasteiger partial charge >= 0.3 is 124 Å². The van der Waals surface area contributed by atoms with Crippen LogP contribution in [0.4, 0.5) is 52.7 Å². The number of ketones is 1. The van der Waals surface area contributed by atoms with Gasteiger partial charge in [-0.3, -0.25) is 4.79 Å². The van der Waals surface area contributed by atoms with Crippen molar-refractivity contribution in [1.82, 2.24) is 0 Å². The second-order valence-corrected chi connectivity index (χ2v) is 96.8. The second kappa shape index (κ2) is 32.5. The Hall–Kier alpha value is 0.320. The van der Waals surface area contributed by atoms with Gasteiger partial charge in [0.1, 0.15) is 66.4 Å². The summed E-state index contributed by atoms with van der Waals surface area (Å²) < 4.78 is 186. The second-order valence-electron chi connectivity index (χ2n) is 27.2. The van der Waals surface area contributed by atoms with Gasteiger partial charge in [-0.25, -0.2) is 9.59 Å². The number of halogens is 17. The van der Waals surface area contributed by atoms with Crippen LogP contribution in [0.1, 0.15) is 131 Å². The summed E-state index contributed by atoms with van der Waals surface area (Å²) in [5.41, 5.74) is 1.43. The van der Waals surface area contributed by atoms with E-state index in [1.807, 2.05) is 0 Å². The number of carbonyl (C=O) groups is 3. The Morgan fingerprint density at radius 1 is 0.565 bits per heavy atom. The van der Waals surface area contributed by atoms with E-state index in [1.54, 1.807) is 0 Å². The van der Waals surface area contributed by atoms with Gasteiger partial charge in [0.25, 0.3) is 0 Å². The zero-order chi connectivity index (χ0) is 68.9. The van der Waals surface area contributed by atoms with Gasteiger partial charge in [0, 0.05) is 59.3 Å². The Morgan fingerprint density at radius 2 is 0.880 bits per heavy atom. The van der Waals surface area contributed by atoms with E-state index in [1.165, 1.54) is 43.9 Å². The summed E-state index contributed by atoms with van der Waals surface area (Å²) in [7, 11) is 0.618. The molecule has 2 N–H and O–H groups in total. The van der Waals surface area contributed by atoms with Crippen LogP contribution in [0, 0.1) is 35.5 Å². The van der Waals surface area contributed by atoms with Crippen molar-refractivity contribution in [1.29, 1.82) is 0 Å². The largest absolute Gasteiger partial charge is 0.390 e. The van der Waals surface area contributed by atoms with Crippen LogP contribution in [-0.4, -0.2) is 156 Å². The molecule has 30 heteroatoms. The molecule has 8 saturated carbocycles. The summed E-state index contributed by atoms with van der Waals surface area (Å²) >= 11 is 8.37. The molecule has 11 aliphatic rings. The molecule has 3 saturated heterocycles. The quantitative estimate of drug-likeness (QED) is 0.101. The van der Waals surface area contributed by atoms with Gasteiger partial charge < -0.3 is 38.6 Å². The Labute approximate surface area is 579 Å². The van der Waals surface area contributed by atoms with Gasteiger partial charge in [-0.15, -0.1) is 0 Å². The van der Waals surface area contributed by atoms with Gasteiger partial charge in [0.05, 0.1) is 26.4 Å². The Morgan fingerprint density at radius 3 is 1.17 bits per heavy atom. The van der Waals surface area contributed by atoms with E-state index in [0.717, 1.165) is 39.3 Å². The zero-order valence-corrected chi connectivity index (χ0v) is 64.9. The summed E-state index contributed by atoms with van der Waals surface area (Å²) in [4.78, 5) is 38.0. The van der Waals surface area contributed by atoms with Crippen molar-refractivity contribution < 1.29 is 119 Å². The van der Waals surface area contributed by atoms with Gasteiger partial charge in [-0.1, -0.05) is 65.8 Å². The van der Waals surface area contributed by atoms with Crippen LogP contribution in [-0.2, 0) is 75.4 Å². The summed E-state index contributed by atoms with van der Waals surface area (Å²) in [6.07, 6.45) is 4.69.